The summed E-state index contributed by atoms with van der Waals surface area (Å²) in [4.78, 5) is 55.4. The first kappa shape index (κ1) is 23.3. The maximum absolute atomic E-state index is 13.5. The molecule has 35 heavy (non-hydrogen) atoms. The Morgan fingerprint density at radius 2 is 1.77 bits per heavy atom. The zero-order valence-electron chi connectivity index (χ0n) is 18.8. The normalized spacial score (nSPS) is 32.6. The van der Waals surface area contributed by atoms with Crippen LogP contribution in [0.3, 0.4) is 0 Å². The minimum Gasteiger partial charge on any atom is -0.481 e. The highest BCUT2D eigenvalue weighted by Gasteiger charge is 2.69. The van der Waals surface area contributed by atoms with Gasteiger partial charge in [0.2, 0.25) is 11.8 Å². The van der Waals surface area contributed by atoms with Gasteiger partial charge in [-0.1, -0.05) is 41.5 Å². The summed E-state index contributed by atoms with van der Waals surface area (Å²) in [5.74, 6) is -1.12. The predicted molar refractivity (Wildman–Crippen MR) is 133 cm³/mol. The van der Waals surface area contributed by atoms with E-state index in [2.05, 4.69) is 4.98 Å². The van der Waals surface area contributed by atoms with Gasteiger partial charge in [0.1, 0.15) is 0 Å². The first-order valence-corrected chi connectivity index (χ1v) is 14.1. The summed E-state index contributed by atoms with van der Waals surface area (Å²) in [6.07, 6.45) is 2.83. The Kier molecular flexibility index (Phi) is 5.85. The van der Waals surface area contributed by atoms with E-state index >= 15 is 0 Å². The van der Waals surface area contributed by atoms with E-state index in [1.807, 2.05) is 24.3 Å². The summed E-state index contributed by atoms with van der Waals surface area (Å²) in [6.45, 7) is 0.369. The molecule has 184 valence electrons. The SMILES string of the molecule is O=C(O)CCCCCN1C(=O)[C@@H]2[C@H]3C[C@@H]([C@@H]2C1=O)[C@@H]1[C@H](c2ccc(Cl)cc2)c2sc(=O)[nH]c2S[C@@H]31. The molecule has 1 aromatic carbocycles. The Hall–Kier alpha value is -2.10. The van der Waals surface area contributed by atoms with Crippen molar-refractivity contribution in [2.24, 2.45) is 29.6 Å². The van der Waals surface area contributed by atoms with Crippen LogP contribution in [0.2, 0.25) is 5.02 Å². The smallest absolute Gasteiger partial charge is 0.305 e. The topological polar surface area (TPSA) is 108 Å². The number of rotatable bonds is 7. The van der Waals surface area contributed by atoms with Crippen molar-refractivity contribution in [3.8, 4) is 0 Å². The molecule has 7 atom stereocenters. The minimum absolute atomic E-state index is 0.00128. The summed E-state index contributed by atoms with van der Waals surface area (Å²) >= 11 is 9.09. The Bertz CT molecular complexity index is 1260. The van der Waals surface area contributed by atoms with Crippen molar-refractivity contribution in [3.05, 3.63) is 49.4 Å². The van der Waals surface area contributed by atoms with Gasteiger partial charge in [0, 0.05) is 34.0 Å². The first-order valence-electron chi connectivity index (χ1n) is 12.1. The van der Waals surface area contributed by atoms with Crippen LogP contribution in [0.4, 0.5) is 0 Å². The summed E-state index contributed by atoms with van der Waals surface area (Å²) in [5, 5.41) is 10.5. The number of hydrogen-bond donors (Lipinski definition) is 2. The fraction of sp³-hybridized carbons (Fsp3) is 0.520. The lowest BCUT2D eigenvalue weighted by Crippen LogP contribution is -2.42. The number of thiazole rings is 1. The van der Waals surface area contributed by atoms with Crippen LogP contribution in [0.25, 0.3) is 0 Å². The number of halogens is 1. The van der Waals surface area contributed by atoms with Crippen LogP contribution in [0.15, 0.2) is 34.1 Å². The van der Waals surface area contributed by atoms with E-state index in [4.69, 9.17) is 16.7 Å². The fourth-order valence-corrected chi connectivity index (χ4v) is 10.1. The molecule has 4 aliphatic rings. The maximum Gasteiger partial charge on any atom is 0.305 e. The van der Waals surface area contributed by atoms with E-state index in [1.165, 1.54) is 16.2 Å². The number of nitrogens with zero attached hydrogens (tertiary/aromatic N) is 1. The second kappa shape index (κ2) is 8.78. The lowest BCUT2D eigenvalue weighted by Gasteiger charge is -2.43. The highest BCUT2D eigenvalue weighted by molar-refractivity contribution is 8.00. The van der Waals surface area contributed by atoms with Gasteiger partial charge in [0.15, 0.2) is 0 Å². The summed E-state index contributed by atoms with van der Waals surface area (Å²) in [7, 11) is 0. The van der Waals surface area contributed by atoms with E-state index in [9.17, 15) is 19.2 Å². The molecule has 3 heterocycles. The molecule has 2 N–H and O–H groups in total. The molecule has 2 amide bonds. The Morgan fingerprint density at radius 1 is 1.06 bits per heavy atom. The zero-order valence-corrected chi connectivity index (χ0v) is 21.2. The van der Waals surface area contributed by atoms with Gasteiger partial charge in [-0.05, 0) is 54.7 Å². The van der Waals surface area contributed by atoms with Crippen LogP contribution in [0.5, 0.6) is 0 Å². The molecule has 2 aromatic rings. The number of H-pyrrole nitrogens is 1. The lowest BCUT2D eigenvalue weighted by molar-refractivity contribution is -0.141. The number of amides is 2. The number of carbonyl (C=O) groups is 3. The average molecular weight is 533 g/mol. The number of thioether (sulfide) groups is 1. The van der Waals surface area contributed by atoms with E-state index < -0.39 is 5.97 Å². The molecule has 0 radical (unpaired) electrons. The van der Waals surface area contributed by atoms with Crippen molar-refractivity contribution < 1.29 is 19.5 Å². The zero-order chi connectivity index (χ0) is 24.4. The van der Waals surface area contributed by atoms with E-state index in [0.717, 1.165) is 21.9 Å². The molecule has 7 nitrogen and oxygen atoms in total. The third-order valence-corrected chi connectivity index (χ3v) is 11.2. The largest absolute Gasteiger partial charge is 0.481 e. The number of carboxylic acid groups (broad SMARTS) is 1. The van der Waals surface area contributed by atoms with E-state index in [-0.39, 0.29) is 63.9 Å². The molecular weight excluding hydrogens is 508 g/mol. The molecule has 10 heteroatoms. The summed E-state index contributed by atoms with van der Waals surface area (Å²) < 4.78 is 0. The van der Waals surface area contributed by atoms with Gasteiger partial charge in [0.05, 0.1) is 16.9 Å². The number of carbonyl (C=O) groups excluding carboxylic acids is 2. The quantitative estimate of drug-likeness (QED) is 0.408. The van der Waals surface area contributed by atoms with Crippen molar-refractivity contribution in [1.82, 2.24) is 9.88 Å². The number of aromatic nitrogens is 1. The van der Waals surface area contributed by atoms with Gasteiger partial charge in [-0.2, -0.15) is 0 Å². The number of aromatic amines is 1. The molecule has 2 saturated carbocycles. The maximum atomic E-state index is 13.5. The number of carboxylic acids is 1. The van der Waals surface area contributed by atoms with E-state index in [1.54, 1.807) is 11.8 Å². The third kappa shape index (κ3) is 3.69. The van der Waals surface area contributed by atoms with Gasteiger partial charge in [-0.15, -0.1) is 11.8 Å². The number of hydrogen-bond acceptors (Lipinski definition) is 6. The van der Waals surface area contributed by atoms with Gasteiger partial charge >= 0.3 is 10.8 Å². The number of fused-ring (bicyclic) bond motifs is 9. The molecule has 1 aromatic heterocycles. The van der Waals surface area contributed by atoms with Crippen LogP contribution >= 0.6 is 34.7 Å². The Morgan fingerprint density at radius 3 is 2.49 bits per heavy atom. The van der Waals surface area contributed by atoms with Gasteiger partial charge < -0.3 is 10.1 Å². The summed E-state index contributed by atoms with van der Waals surface area (Å²) in [5.41, 5.74) is 1.09. The first-order chi connectivity index (χ1) is 16.8. The Labute approximate surface area is 215 Å². The molecule has 6 rings (SSSR count). The highest BCUT2D eigenvalue weighted by Crippen LogP contribution is 2.68. The highest BCUT2D eigenvalue weighted by atomic mass is 35.5. The van der Waals surface area contributed by atoms with Gasteiger partial charge in [-0.3, -0.25) is 24.1 Å². The second-order valence-corrected chi connectivity index (χ2v) is 12.7. The van der Waals surface area contributed by atoms with Crippen LogP contribution in [-0.4, -0.2) is 44.6 Å². The molecule has 2 bridgehead atoms. The van der Waals surface area contributed by atoms with Crippen LogP contribution < -0.4 is 4.87 Å². The van der Waals surface area contributed by atoms with Crippen molar-refractivity contribution in [3.63, 3.8) is 0 Å². The molecule has 0 spiro atoms. The van der Waals surface area contributed by atoms with Crippen molar-refractivity contribution in [1.29, 1.82) is 0 Å². The molecular formula is C25H25ClN2O5S2. The number of likely N-dealkylation sites (tertiary alicyclic amines) is 1. The molecule has 1 saturated heterocycles. The van der Waals surface area contributed by atoms with Crippen LogP contribution in [0.1, 0.15) is 48.5 Å². The second-order valence-electron chi connectivity index (χ2n) is 10.0. The third-order valence-electron chi connectivity index (χ3n) is 8.32. The standard InChI is InChI=1S/C25H25ClN2O5S2/c26-12-7-5-11(6-8-12)16-17-13-10-14(20(17)34-22-21(16)35-25(33)27-22)19-18(13)23(31)28(24(19)32)9-3-1-2-4-15(29)30/h5-8,13-14,16-20H,1-4,9-10H2,(H,27,33)(H,29,30)/t13-,14-,16+,17-,18+,19-,20+/m1/s1. The van der Waals surface area contributed by atoms with Crippen molar-refractivity contribution in [2.45, 2.75) is 48.3 Å². The van der Waals surface area contributed by atoms with Crippen molar-refractivity contribution >= 4 is 52.5 Å². The molecule has 2 aliphatic carbocycles. The van der Waals surface area contributed by atoms with Crippen LogP contribution in [0, 0.1) is 29.6 Å². The lowest BCUT2D eigenvalue weighted by atomic mass is 9.68. The number of nitrogens with one attached hydrogen (secondary N) is 1. The number of unbranched alkanes of at least 4 members (excludes halogenated alkanes) is 2. The van der Waals surface area contributed by atoms with Gasteiger partial charge in [0.25, 0.3) is 0 Å². The summed E-state index contributed by atoms with van der Waals surface area (Å²) in [6, 6.07) is 7.77. The molecule has 2 aliphatic heterocycles. The molecule has 3 fully saturated rings. The van der Waals surface area contributed by atoms with Gasteiger partial charge in [-0.25, -0.2) is 0 Å². The monoisotopic (exact) mass is 532 g/mol. The number of aliphatic carboxylic acids is 1. The predicted octanol–water partition coefficient (Wildman–Crippen LogP) is 4.21. The fourth-order valence-electron chi connectivity index (χ4n) is 7.07. The molecule has 0 unspecified atom stereocenters. The van der Waals surface area contributed by atoms with E-state index in [0.29, 0.717) is 30.8 Å². The number of imide groups is 1. The van der Waals surface area contributed by atoms with Crippen molar-refractivity contribution in [2.75, 3.05) is 6.54 Å². The Balaban J connectivity index is 1.28. The average Bonchev–Trinajstić information content (AvgIpc) is 3.54. The number of benzene rings is 1. The minimum atomic E-state index is -0.824. The van der Waals surface area contributed by atoms with Crippen LogP contribution in [-0.2, 0) is 14.4 Å².